The minimum absolute atomic E-state index is 0.317. The van der Waals surface area contributed by atoms with Gasteiger partial charge >= 0.3 is 0 Å². The average Bonchev–Trinajstić information content (AvgIpc) is 2.31. The lowest BCUT2D eigenvalue weighted by molar-refractivity contribution is -0.0133. The first-order chi connectivity index (χ1) is 8.63. The summed E-state index contributed by atoms with van der Waals surface area (Å²) in [6.07, 6.45) is 6.85. The van der Waals surface area contributed by atoms with Crippen LogP contribution < -0.4 is 11.1 Å². The summed E-state index contributed by atoms with van der Waals surface area (Å²) >= 11 is 0. The van der Waals surface area contributed by atoms with Crippen LogP contribution >= 0.6 is 0 Å². The van der Waals surface area contributed by atoms with Crippen molar-refractivity contribution in [3.63, 3.8) is 0 Å². The van der Waals surface area contributed by atoms with Crippen LogP contribution in [0, 0.1) is 0 Å². The highest BCUT2D eigenvalue weighted by Crippen LogP contribution is 2.24. The van der Waals surface area contributed by atoms with E-state index in [1.54, 1.807) is 6.20 Å². The van der Waals surface area contributed by atoms with Crippen LogP contribution in [0.2, 0.25) is 0 Å². The number of rotatable bonds is 4. The first-order valence-corrected chi connectivity index (χ1v) is 6.64. The molecule has 0 aromatic carbocycles. The van der Waals surface area contributed by atoms with E-state index in [0.29, 0.717) is 24.2 Å². The molecule has 0 amide bonds. The van der Waals surface area contributed by atoms with Gasteiger partial charge in [-0.15, -0.1) is 0 Å². The Bertz CT molecular complexity index is 375. The fraction of sp³-hybridized carbons (Fsp3) is 0.692. The number of anilines is 2. The molecule has 1 heterocycles. The molecule has 1 aliphatic carbocycles. The van der Waals surface area contributed by atoms with Gasteiger partial charge in [0.15, 0.2) is 0 Å². The largest absolute Gasteiger partial charge is 0.376 e. The molecule has 0 radical (unpaired) electrons. The SMILES string of the molecule is CC(C)OC1CCC(Nc2ccnc(N)n2)CC1. The molecule has 2 rings (SSSR count). The Balaban J connectivity index is 1.80. The van der Waals surface area contributed by atoms with E-state index in [-0.39, 0.29) is 0 Å². The zero-order chi connectivity index (χ0) is 13.0. The molecule has 1 saturated carbocycles. The normalized spacial score (nSPS) is 24.2. The van der Waals surface area contributed by atoms with E-state index >= 15 is 0 Å². The van der Waals surface area contributed by atoms with Crippen LogP contribution in [-0.2, 0) is 4.74 Å². The van der Waals surface area contributed by atoms with Crippen molar-refractivity contribution in [1.82, 2.24) is 9.97 Å². The molecule has 1 aromatic heterocycles. The maximum absolute atomic E-state index is 5.84. The van der Waals surface area contributed by atoms with Gasteiger partial charge in [0.1, 0.15) is 5.82 Å². The number of aromatic nitrogens is 2. The Hall–Kier alpha value is -1.36. The van der Waals surface area contributed by atoms with Crippen LogP contribution in [0.4, 0.5) is 11.8 Å². The number of nitrogens with zero attached hydrogens (tertiary/aromatic N) is 2. The third-order valence-electron chi connectivity index (χ3n) is 3.17. The van der Waals surface area contributed by atoms with Gasteiger partial charge in [0.05, 0.1) is 12.2 Å². The number of nitrogens with two attached hydrogens (primary N) is 1. The Kier molecular flexibility index (Phi) is 4.36. The van der Waals surface area contributed by atoms with Crippen LogP contribution in [0.15, 0.2) is 12.3 Å². The van der Waals surface area contributed by atoms with Crippen molar-refractivity contribution in [3.8, 4) is 0 Å². The van der Waals surface area contributed by atoms with Crippen molar-refractivity contribution in [1.29, 1.82) is 0 Å². The van der Waals surface area contributed by atoms with E-state index in [2.05, 4.69) is 29.1 Å². The minimum atomic E-state index is 0.317. The zero-order valence-electron chi connectivity index (χ0n) is 11.1. The first-order valence-electron chi connectivity index (χ1n) is 6.64. The Labute approximate surface area is 108 Å². The van der Waals surface area contributed by atoms with E-state index in [1.807, 2.05) is 6.07 Å². The summed E-state index contributed by atoms with van der Waals surface area (Å²) in [5, 5.41) is 3.41. The molecule has 1 fully saturated rings. The van der Waals surface area contributed by atoms with Crippen LogP contribution in [0.5, 0.6) is 0 Å². The van der Waals surface area contributed by atoms with Gasteiger partial charge in [0, 0.05) is 12.2 Å². The molecule has 0 unspecified atom stereocenters. The smallest absolute Gasteiger partial charge is 0.221 e. The molecular formula is C13H22N4O. The van der Waals surface area contributed by atoms with E-state index in [1.165, 1.54) is 0 Å². The monoisotopic (exact) mass is 250 g/mol. The van der Waals surface area contributed by atoms with Crippen molar-refractivity contribution < 1.29 is 4.74 Å². The first kappa shape index (κ1) is 13.1. The highest BCUT2D eigenvalue weighted by molar-refractivity contribution is 5.38. The predicted molar refractivity (Wildman–Crippen MR) is 72.3 cm³/mol. The summed E-state index contributed by atoms with van der Waals surface area (Å²) in [6.45, 7) is 4.18. The van der Waals surface area contributed by atoms with Gasteiger partial charge in [-0.2, -0.15) is 4.98 Å². The summed E-state index contributed by atoms with van der Waals surface area (Å²) in [7, 11) is 0. The minimum Gasteiger partial charge on any atom is -0.376 e. The standard InChI is InChI=1S/C13H22N4O/c1-9(2)18-11-5-3-10(4-6-11)16-12-7-8-15-13(14)17-12/h7-11H,3-6H2,1-2H3,(H3,14,15,16,17). The van der Waals surface area contributed by atoms with E-state index in [9.17, 15) is 0 Å². The second-order valence-electron chi connectivity index (χ2n) is 5.10. The molecule has 0 aliphatic heterocycles. The van der Waals surface area contributed by atoms with E-state index < -0.39 is 0 Å². The van der Waals surface area contributed by atoms with Gasteiger partial charge in [-0.1, -0.05) is 0 Å². The quantitative estimate of drug-likeness (QED) is 0.857. The molecular weight excluding hydrogens is 228 g/mol. The summed E-state index contributed by atoms with van der Waals surface area (Å²) in [5.41, 5.74) is 5.56. The van der Waals surface area contributed by atoms with Crippen molar-refractivity contribution in [2.45, 2.75) is 57.8 Å². The van der Waals surface area contributed by atoms with Crippen molar-refractivity contribution in [3.05, 3.63) is 12.3 Å². The molecule has 100 valence electrons. The lowest BCUT2D eigenvalue weighted by Gasteiger charge is -2.30. The Morgan fingerprint density at radius 1 is 1.33 bits per heavy atom. The maximum Gasteiger partial charge on any atom is 0.221 e. The van der Waals surface area contributed by atoms with Gasteiger partial charge < -0.3 is 15.8 Å². The fourth-order valence-electron chi connectivity index (χ4n) is 2.39. The molecule has 18 heavy (non-hydrogen) atoms. The third kappa shape index (κ3) is 3.84. The summed E-state index contributed by atoms with van der Waals surface area (Å²) < 4.78 is 5.84. The van der Waals surface area contributed by atoms with Gasteiger partial charge in [0.25, 0.3) is 0 Å². The number of ether oxygens (including phenoxy) is 1. The molecule has 1 aliphatic rings. The number of nitrogens with one attached hydrogen (secondary N) is 1. The van der Waals surface area contributed by atoms with Gasteiger partial charge in [-0.25, -0.2) is 4.98 Å². The fourth-order valence-corrected chi connectivity index (χ4v) is 2.39. The highest BCUT2D eigenvalue weighted by atomic mass is 16.5. The van der Waals surface area contributed by atoms with Crippen LogP contribution in [0.25, 0.3) is 0 Å². The van der Waals surface area contributed by atoms with E-state index in [4.69, 9.17) is 10.5 Å². The molecule has 5 nitrogen and oxygen atoms in total. The number of hydrogen-bond acceptors (Lipinski definition) is 5. The molecule has 1 aromatic rings. The van der Waals surface area contributed by atoms with Gasteiger partial charge in [0.2, 0.25) is 5.95 Å². The lowest BCUT2D eigenvalue weighted by atomic mass is 9.93. The Morgan fingerprint density at radius 3 is 2.67 bits per heavy atom. The number of hydrogen-bond donors (Lipinski definition) is 2. The molecule has 0 spiro atoms. The average molecular weight is 250 g/mol. The molecule has 3 N–H and O–H groups in total. The highest BCUT2D eigenvalue weighted by Gasteiger charge is 2.22. The van der Waals surface area contributed by atoms with Crippen molar-refractivity contribution in [2.24, 2.45) is 0 Å². The molecule has 0 atom stereocenters. The molecule has 0 saturated heterocycles. The summed E-state index contributed by atoms with van der Waals surface area (Å²) in [4.78, 5) is 8.04. The molecule has 5 heteroatoms. The van der Waals surface area contributed by atoms with Crippen molar-refractivity contribution >= 4 is 11.8 Å². The van der Waals surface area contributed by atoms with Crippen LogP contribution in [0.3, 0.4) is 0 Å². The zero-order valence-corrected chi connectivity index (χ0v) is 11.1. The van der Waals surface area contributed by atoms with Gasteiger partial charge in [-0.05, 0) is 45.6 Å². The number of nitrogen functional groups attached to an aromatic ring is 1. The van der Waals surface area contributed by atoms with E-state index in [0.717, 1.165) is 31.5 Å². The predicted octanol–water partition coefficient (Wildman–Crippen LogP) is 2.21. The van der Waals surface area contributed by atoms with Crippen molar-refractivity contribution in [2.75, 3.05) is 11.1 Å². The van der Waals surface area contributed by atoms with Gasteiger partial charge in [-0.3, -0.25) is 0 Å². The second-order valence-corrected chi connectivity index (χ2v) is 5.10. The van der Waals surface area contributed by atoms with Crippen LogP contribution in [0.1, 0.15) is 39.5 Å². The third-order valence-corrected chi connectivity index (χ3v) is 3.17. The lowest BCUT2D eigenvalue weighted by Crippen LogP contribution is -2.31. The topological polar surface area (TPSA) is 73.1 Å². The molecule has 0 bridgehead atoms. The second kappa shape index (κ2) is 6.00. The Morgan fingerprint density at radius 2 is 2.06 bits per heavy atom. The summed E-state index contributed by atoms with van der Waals surface area (Å²) in [6, 6.07) is 2.32. The van der Waals surface area contributed by atoms with Crippen LogP contribution in [-0.4, -0.2) is 28.2 Å². The maximum atomic E-state index is 5.84. The summed E-state index contributed by atoms with van der Waals surface area (Å²) in [5.74, 6) is 1.13.